The number of ether oxygens (including phenoxy) is 2. The van der Waals surface area contributed by atoms with Crippen molar-refractivity contribution < 1.29 is 19.1 Å². The fraction of sp³-hybridized carbons (Fsp3) is 0.231. The molecular formula is C26H26ClN3O4. The van der Waals surface area contributed by atoms with E-state index in [0.717, 1.165) is 11.1 Å². The van der Waals surface area contributed by atoms with Crippen LogP contribution in [0.5, 0.6) is 11.5 Å². The molecule has 0 unspecified atom stereocenters. The van der Waals surface area contributed by atoms with Gasteiger partial charge in [0.15, 0.2) is 11.5 Å². The normalized spacial score (nSPS) is 14.7. The summed E-state index contributed by atoms with van der Waals surface area (Å²) in [6.07, 6.45) is 0.649. The highest BCUT2D eigenvalue weighted by Crippen LogP contribution is 2.38. The zero-order valence-corrected chi connectivity index (χ0v) is 19.8. The molecule has 3 aromatic rings. The van der Waals surface area contributed by atoms with Gasteiger partial charge in [0.25, 0.3) is 5.91 Å². The summed E-state index contributed by atoms with van der Waals surface area (Å²) < 4.78 is 11.0. The van der Waals surface area contributed by atoms with E-state index in [4.69, 9.17) is 21.1 Å². The van der Waals surface area contributed by atoms with Crippen molar-refractivity contribution in [2.24, 2.45) is 0 Å². The summed E-state index contributed by atoms with van der Waals surface area (Å²) in [6.45, 7) is 0.703. The number of benzene rings is 3. The van der Waals surface area contributed by atoms with Crippen LogP contribution in [0.4, 0.5) is 10.5 Å². The van der Waals surface area contributed by atoms with Crippen LogP contribution < -0.4 is 20.1 Å². The summed E-state index contributed by atoms with van der Waals surface area (Å²) in [7, 11) is 3.16. The third-order valence-electron chi connectivity index (χ3n) is 5.83. The van der Waals surface area contributed by atoms with Gasteiger partial charge in [-0.25, -0.2) is 4.79 Å². The predicted molar refractivity (Wildman–Crippen MR) is 132 cm³/mol. The number of carbonyl (C=O) groups excluding carboxylic acids is 2. The zero-order valence-electron chi connectivity index (χ0n) is 19.0. The Morgan fingerprint density at radius 2 is 1.74 bits per heavy atom. The monoisotopic (exact) mass is 479 g/mol. The fourth-order valence-corrected chi connectivity index (χ4v) is 4.32. The Kier molecular flexibility index (Phi) is 7.23. The Labute approximate surface area is 203 Å². The Hall–Kier alpha value is -3.71. The first-order chi connectivity index (χ1) is 16.5. The number of rotatable bonds is 6. The van der Waals surface area contributed by atoms with E-state index in [1.54, 1.807) is 43.4 Å². The standard InChI is InChI=1S/C26H26ClN3O4/c1-33-23-14-17-11-12-30(26(32)29-20-9-4-3-5-10-20)22(21(17)15-24(23)34-2)16-28-25(31)18-7-6-8-19(27)13-18/h3-10,13-15,22H,11-12,16H2,1-2H3,(H,28,31)(H,29,32)/t22-/m1/s1. The summed E-state index contributed by atoms with van der Waals surface area (Å²) in [5.74, 6) is 0.932. The lowest BCUT2D eigenvalue weighted by Crippen LogP contribution is -2.46. The second-order valence-corrected chi connectivity index (χ2v) is 8.32. The van der Waals surface area contributed by atoms with E-state index in [1.165, 1.54) is 0 Å². The fourth-order valence-electron chi connectivity index (χ4n) is 4.13. The van der Waals surface area contributed by atoms with Gasteiger partial charge in [-0.2, -0.15) is 0 Å². The topological polar surface area (TPSA) is 79.9 Å². The van der Waals surface area contributed by atoms with Gasteiger partial charge in [0.1, 0.15) is 0 Å². The van der Waals surface area contributed by atoms with Gasteiger partial charge >= 0.3 is 6.03 Å². The van der Waals surface area contributed by atoms with E-state index in [1.807, 2.05) is 42.5 Å². The van der Waals surface area contributed by atoms with Crippen LogP contribution in [0.2, 0.25) is 5.02 Å². The van der Waals surface area contributed by atoms with Crippen molar-refractivity contribution in [2.45, 2.75) is 12.5 Å². The SMILES string of the molecule is COc1cc2c(cc1OC)[C@@H](CNC(=O)c1cccc(Cl)c1)N(C(=O)Nc1ccccc1)CC2. The van der Waals surface area contributed by atoms with Gasteiger partial charge in [-0.05, 0) is 60.0 Å². The third-order valence-corrected chi connectivity index (χ3v) is 6.07. The minimum atomic E-state index is -0.407. The Bertz CT molecular complexity index is 1190. The van der Waals surface area contributed by atoms with Crippen molar-refractivity contribution in [3.63, 3.8) is 0 Å². The van der Waals surface area contributed by atoms with Crippen molar-refractivity contribution in [1.82, 2.24) is 10.2 Å². The molecule has 1 aliphatic heterocycles. The number of hydrogen-bond acceptors (Lipinski definition) is 4. The first kappa shape index (κ1) is 23.4. The number of urea groups is 1. The molecule has 0 saturated heterocycles. The van der Waals surface area contributed by atoms with Crippen molar-refractivity contribution in [3.05, 3.63) is 88.4 Å². The highest BCUT2D eigenvalue weighted by Gasteiger charge is 2.32. The molecule has 0 saturated carbocycles. The Balaban J connectivity index is 1.63. The number of amides is 3. The highest BCUT2D eigenvalue weighted by molar-refractivity contribution is 6.30. The van der Waals surface area contributed by atoms with Crippen molar-refractivity contribution in [2.75, 3.05) is 32.6 Å². The lowest BCUT2D eigenvalue weighted by atomic mass is 9.91. The van der Waals surface area contributed by atoms with E-state index in [0.29, 0.717) is 40.7 Å². The minimum absolute atomic E-state index is 0.218. The molecule has 1 heterocycles. The number of halogens is 1. The summed E-state index contributed by atoms with van der Waals surface area (Å²) in [5.41, 5.74) is 3.10. The molecule has 3 aromatic carbocycles. The predicted octanol–water partition coefficient (Wildman–Crippen LogP) is 4.92. The number of methoxy groups -OCH3 is 2. The van der Waals surface area contributed by atoms with Gasteiger partial charge in [0.2, 0.25) is 0 Å². The molecule has 8 heteroatoms. The molecule has 4 rings (SSSR count). The molecule has 0 aliphatic carbocycles. The van der Waals surface area contributed by atoms with Crippen LogP contribution in [0.25, 0.3) is 0 Å². The van der Waals surface area contributed by atoms with Crippen LogP contribution >= 0.6 is 11.6 Å². The maximum absolute atomic E-state index is 13.3. The van der Waals surface area contributed by atoms with Gasteiger partial charge in [0.05, 0.1) is 20.3 Å². The maximum Gasteiger partial charge on any atom is 0.322 e. The molecule has 7 nitrogen and oxygen atoms in total. The summed E-state index contributed by atoms with van der Waals surface area (Å²) in [5, 5.41) is 6.39. The van der Waals surface area contributed by atoms with E-state index < -0.39 is 6.04 Å². The van der Waals surface area contributed by atoms with E-state index >= 15 is 0 Å². The first-order valence-electron chi connectivity index (χ1n) is 10.9. The zero-order chi connectivity index (χ0) is 24.1. The van der Waals surface area contributed by atoms with Gasteiger partial charge in [-0.15, -0.1) is 0 Å². The molecule has 0 fully saturated rings. The van der Waals surface area contributed by atoms with Crippen molar-refractivity contribution in [1.29, 1.82) is 0 Å². The number of nitrogens with one attached hydrogen (secondary N) is 2. The maximum atomic E-state index is 13.3. The van der Waals surface area contributed by atoms with Gasteiger partial charge in [-0.3, -0.25) is 4.79 Å². The van der Waals surface area contributed by atoms with Crippen LogP contribution in [0.3, 0.4) is 0 Å². The second kappa shape index (κ2) is 10.5. The molecule has 1 aliphatic rings. The average Bonchev–Trinajstić information content (AvgIpc) is 2.86. The number of nitrogens with zero attached hydrogens (tertiary/aromatic N) is 1. The number of anilines is 1. The number of para-hydroxylation sites is 1. The van der Waals surface area contributed by atoms with Crippen LogP contribution in [0.15, 0.2) is 66.7 Å². The molecule has 176 valence electrons. The number of fused-ring (bicyclic) bond motifs is 1. The molecule has 2 N–H and O–H groups in total. The van der Waals surface area contributed by atoms with Crippen LogP contribution in [0.1, 0.15) is 27.5 Å². The Morgan fingerprint density at radius 1 is 1.00 bits per heavy atom. The second-order valence-electron chi connectivity index (χ2n) is 7.88. The highest BCUT2D eigenvalue weighted by atomic mass is 35.5. The van der Waals surface area contributed by atoms with Gasteiger partial charge in [-0.1, -0.05) is 35.9 Å². The molecule has 0 bridgehead atoms. The summed E-state index contributed by atoms with van der Waals surface area (Å²) in [4.78, 5) is 27.8. The summed E-state index contributed by atoms with van der Waals surface area (Å²) >= 11 is 6.04. The van der Waals surface area contributed by atoms with Crippen LogP contribution in [-0.2, 0) is 6.42 Å². The Morgan fingerprint density at radius 3 is 2.44 bits per heavy atom. The largest absolute Gasteiger partial charge is 0.493 e. The minimum Gasteiger partial charge on any atom is -0.493 e. The van der Waals surface area contributed by atoms with E-state index in [2.05, 4.69) is 10.6 Å². The smallest absolute Gasteiger partial charge is 0.322 e. The summed E-state index contributed by atoms with van der Waals surface area (Å²) in [6, 6.07) is 19.2. The number of carbonyl (C=O) groups is 2. The van der Waals surface area contributed by atoms with Crippen molar-refractivity contribution in [3.8, 4) is 11.5 Å². The molecule has 0 aromatic heterocycles. The van der Waals surface area contributed by atoms with E-state index in [-0.39, 0.29) is 18.5 Å². The van der Waals surface area contributed by atoms with Gasteiger partial charge in [0, 0.05) is 29.4 Å². The molecule has 1 atom stereocenters. The number of hydrogen-bond donors (Lipinski definition) is 2. The lowest BCUT2D eigenvalue weighted by Gasteiger charge is -2.38. The molecular weight excluding hydrogens is 454 g/mol. The molecule has 0 radical (unpaired) electrons. The molecule has 3 amide bonds. The van der Waals surface area contributed by atoms with Crippen molar-refractivity contribution >= 4 is 29.2 Å². The average molecular weight is 480 g/mol. The lowest BCUT2D eigenvalue weighted by molar-refractivity contribution is 0.0936. The molecule has 0 spiro atoms. The third kappa shape index (κ3) is 5.10. The van der Waals surface area contributed by atoms with E-state index in [9.17, 15) is 9.59 Å². The first-order valence-corrected chi connectivity index (χ1v) is 11.3. The molecule has 34 heavy (non-hydrogen) atoms. The van der Waals surface area contributed by atoms with Crippen LogP contribution in [0, 0.1) is 0 Å². The van der Waals surface area contributed by atoms with Gasteiger partial charge < -0.3 is 25.0 Å². The van der Waals surface area contributed by atoms with Crippen LogP contribution in [-0.4, -0.2) is 44.1 Å². The quantitative estimate of drug-likeness (QED) is 0.526.